The number of aromatic carboxylic acids is 1. The first-order chi connectivity index (χ1) is 8.25. The van der Waals surface area contributed by atoms with E-state index in [9.17, 15) is 9.90 Å². The Labute approximate surface area is 127 Å². The van der Waals surface area contributed by atoms with Crippen molar-refractivity contribution in [3.8, 4) is 0 Å². The third-order valence-electron chi connectivity index (χ3n) is 2.27. The zero-order chi connectivity index (χ0) is 12.1. The molecule has 2 rings (SSSR count). The summed E-state index contributed by atoms with van der Waals surface area (Å²) < 4.78 is 0. The van der Waals surface area contributed by atoms with E-state index in [1.54, 1.807) is 18.3 Å². The zero-order valence-electron chi connectivity index (χ0n) is 10.0. The number of rotatable bonds is 3. The Bertz CT molecular complexity index is 535. The number of hydrogen-bond acceptors (Lipinski definition) is 3. The van der Waals surface area contributed by atoms with Crippen LogP contribution in [0.4, 0.5) is 5.69 Å². The summed E-state index contributed by atoms with van der Waals surface area (Å²) in [6.45, 7) is 0. The van der Waals surface area contributed by atoms with Gasteiger partial charge >= 0.3 is 29.6 Å². The average Bonchev–Trinajstić information content (AvgIpc) is 2.38. The summed E-state index contributed by atoms with van der Waals surface area (Å²) in [5, 5.41) is 10.5. The molecule has 0 bridgehead atoms. The number of carboxylic acids is 1. The van der Waals surface area contributed by atoms with E-state index in [1.807, 2.05) is 30.3 Å². The Kier molecular flexibility index (Phi) is 5.78. The molecule has 2 aromatic carbocycles. The van der Waals surface area contributed by atoms with Crippen LogP contribution in [0.1, 0.15) is 15.9 Å². The van der Waals surface area contributed by atoms with Crippen molar-refractivity contribution in [3.05, 3.63) is 65.7 Å². The molecule has 0 atom stereocenters. The summed E-state index contributed by atoms with van der Waals surface area (Å²) in [6.07, 6.45) is 1.73. The third kappa shape index (κ3) is 4.11. The van der Waals surface area contributed by atoms with Gasteiger partial charge in [0.15, 0.2) is 0 Å². The Morgan fingerprint density at radius 1 is 1.00 bits per heavy atom. The van der Waals surface area contributed by atoms with Crippen molar-refractivity contribution in [2.24, 2.45) is 4.99 Å². The quantitative estimate of drug-likeness (QED) is 0.505. The van der Waals surface area contributed by atoms with Gasteiger partial charge in [0, 0.05) is 6.21 Å². The zero-order valence-corrected chi connectivity index (χ0v) is 12.0. The summed E-state index contributed by atoms with van der Waals surface area (Å²) in [4.78, 5) is 14.8. The minimum absolute atomic E-state index is 0. The summed E-state index contributed by atoms with van der Waals surface area (Å²) in [5.41, 5.74) is 1.86. The van der Waals surface area contributed by atoms with Crippen molar-refractivity contribution in [1.82, 2.24) is 0 Å². The van der Waals surface area contributed by atoms with Gasteiger partial charge in [0.05, 0.1) is 11.7 Å². The molecule has 0 aromatic heterocycles. The molecule has 4 heteroatoms. The maximum Gasteiger partial charge on any atom is 1.00 e. The van der Waals surface area contributed by atoms with Gasteiger partial charge in [-0.3, -0.25) is 4.99 Å². The fourth-order valence-corrected chi connectivity index (χ4v) is 1.37. The molecule has 0 amide bonds. The second-order valence-electron chi connectivity index (χ2n) is 3.50. The molecular formula is C14H10NNaO2. The average molecular weight is 247 g/mol. The van der Waals surface area contributed by atoms with E-state index in [4.69, 9.17) is 0 Å². The summed E-state index contributed by atoms with van der Waals surface area (Å²) >= 11 is 0. The van der Waals surface area contributed by atoms with Gasteiger partial charge in [-0.25, -0.2) is 0 Å². The Balaban J connectivity index is 0.00000162. The molecule has 0 saturated heterocycles. The van der Waals surface area contributed by atoms with Crippen LogP contribution in [0.5, 0.6) is 0 Å². The molecule has 3 nitrogen and oxygen atoms in total. The maximum atomic E-state index is 10.5. The molecule has 0 unspecified atom stereocenters. The van der Waals surface area contributed by atoms with Gasteiger partial charge in [0.2, 0.25) is 0 Å². The molecule has 0 aliphatic heterocycles. The van der Waals surface area contributed by atoms with Crippen molar-refractivity contribution in [1.29, 1.82) is 0 Å². The van der Waals surface area contributed by atoms with E-state index >= 15 is 0 Å². The Hall–Kier alpha value is -1.42. The topological polar surface area (TPSA) is 52.5 Å². The van der Waals surface area contributed by atoms with Gasteiger partial charge < -0.3 is 9.90 Å². The number of benzene rings is 2. The number of nitrogens with zero attached hydrogens (tertiary/aromatic N) is 1. The standard InChI is InChI=1S/C14H11NO2.Na/c16-14(17)12-6-8-13(9-7-12)15-10-11-4-2-1-3-5-11;/h1-10H,(H,16,17);/q;+1/p-1. The number of hydrogen-bond donors (Lipinski definition) is 0. The largest absolute Gasteiger partial charge is 1.00 e. The normalized spacial score (nSPS) is 10.0. The molecule has 0 aliphatic carbocycles. The summed E-state index contributed by atoms with van der Waals surface area (Å²) in [6, 6.07) is 15.9. The first-order valence-electron chi connectivity index (χ1n) is 5.16. The first-order valence-corrected chi connectivity index (χ1v) is 5.16. The van der Waals surface area contributed by atoms with Crippen LogP contribution in [0.2, 0.25) is 0 Å². The van der Waals surface area contributed by atoms with Gasteiger partial charge in [-0.2, -0.15) is 0 Å². The molecule has 0 aliphatic rings. The Morgan fingerprint density at radius 3 is 2.17 bits per heavy atom. The van der Waals surface area contributed by atoms with Crippen molar-refractivity contribution >= 4 is 17.9 Å². The number of carbonyl (C=O) groups is 1. The smallest absolute Gasteiger partial charge is 0.545 e. The van der Waals surface area contributed by atoms with E-state index in [-0.39, 0.29) is 35.1 Å². The minimum atomic E-state index is -1.18. The molecule has 18 heavy (non-hydrogen) atoms. The molecule has 84 valence electrons. The van der Waals surface area contributed by atoms with E-state index in [0.29, 0.717) is 5.69 Å². The number of aliphatic imine (C=N–C) groups is 1. The van der Waals surface area contributed by atoms with E-state index in [0.717, 1.165) is 5.56 Å². The molecule has 0 spiro atoms. The van der Waals surface area contributed by atoms with Crippen molar-refractivity contribution < 1.29 is 39.5 Å². The van der Waals surface area contributed by atoms with Gasteiger partial charge in [-0.1, -0.05) is 42.5 Å². The van der Waals surface area contributed by atoms with Crippen LogP contribution >= 0.6 is 0 Å². The second kappa shape index (κ2) is 7.11. The van der Waals surface area contributed by atoms with Crippen LogP contribution < -0.4 is 34.7 Å². The molecule has 2 aromatic rings. The predicted octanol–water partition coefficient (Wildman–Crippen LogP) is -1.20. The number of carbonyl (C=O) groups excluding carboxylic acids is 1. The summed E-state index contributed by atoms with van der Waals surface area (Å²) in [5.74, 6) is -1.18. The summed E-state index contributed by atoms with van der Waals surface area (Å²) in [7, 11) is 0. The number of carboxylic acid groups (broad SMARTS) is 1. The van der Waals surface area contributed by atoms with Gasteiger partial charge in [-0.05, 0) is 23.3 Å². The van der Waals surface area contributed by atoms with Crippen LogP contribution in [0, 0.1) is 0 Å². The minimum Gasteiger partial charge on any atom is -0.545 e. The van der Waals surface area contributed by atoms with E-state index in [2.05, 4.69) is 4.99 Å². The fourth-order valence-electron chi connectivity index (χ4n) is 1.37. The molecule has 0 N–H and O–H groups in total. The van der Waals surface area contributed by atoms with Gasteiger partial charge in [0.25, 0.3) is 0 Å². The van der Waals surface area contributed by atoms with Crippen LogP contribution in [-0.2, 0) is 0 Å². The Morgan fingerprint density at radius 2 is 1.61 bits per heavy atom. The first kappa shape index (κ1) is 14.6. The van der Waals surface area contributed by atoms with Crippen LogP contribution in [-0.4, -0.2) is 12.2 Å². The molecular weight excluding hydrogens is 237 g/mol. The predicted molar refractivity (Wildman–Crippen MR) is 64.5 cm³/mol. The van der Waals surface area contributed by atoms with Crippen molar-refractivity contribution in [3.63, 3.8) is 0 Å². The third-order valence-corrected chi connectivity index (χ3v) is 2.27. The van der Waals surface area contributed by atoms with Crippen molar-refractivity contribution in [2.75, 3.05) is 0 Å². The van der Waals surface area contributed by atoms with Crippen molar-refractivity contribution in [2.45, 2.75) is 0 Å². The van der Waals surface area contributed by atoms with E-state index in [1.165, 1.54) is 12.1 Å². The van der Waals surface area contributed by atoms with Gasteiger partial charge in [0.1, 0.15) is 0 Å². The van der Waals surface area contributed by atoms with E-state index < -0.39 is 5.97 Å². The SMILES string of the molecule is O=C([O-])c1ccc(N=Cc2ccccc2)cc1.[Na+]. The molecule has 0 heterocycles. The molecule has 0 saturated carbocycles. The van der Waals surface area contributed by atoms with Gasteiger partial charge in [-0.15, -0.1) is 0 Å². The monoisotopic (exact) mass is 247 g/mol. The fraction of sp³-hybridized carbons (Fsp3) is 0. The maximum absolute atomic E-state index is 10.5. The second-order valence-corrected chi connectivity index (χ2v) is 3.50. The van der Waals surface area contributed by atoms with Crippen LogP contribution in [0.25, 0.3) is 0 Å². The molecule has 0 radical (unpaired) electrons. The molecule has 0 fully saturated rings. The van der Waals surface area contributed by atoms with Crippen LogP contribution in [0.15, 0.2) is 59.6 Å². The van der Waals surface area contributed by atoms with Crippen LogP contribution in [0.3, 0.4) is 0 Å².